The second-order valence-electron chi connectivity index (χ2n) is 9.17. The van der Waals surface area contributed by atoms with Crippen LogP contribution in [-0.4, -0.2) is 55.0 Å². The fourth-order valence-electron chi connectivity index (χ4n) is 4.10. The Morgan fingerprint density at radius 3 is 2.55 bits per heavy atom. The third kappa shape index (κ3) is 5.88. The van der Waals surface area contributed by atoms with E-state index in [1.807, 2.05) is 0 Å². The number of carbonyl (C=O) groups excluding carboxylic acids is 1. The number of carboxylic acids is 1. The van der Waals surface area contributed by atoms with E-state index in [4.69, 9.17) is 14.2 Å². The van der Waals surface area contributed by atoms with Gasteiger partial charge in [0, 0.05) is 6.61 Å². The van der Waals surface area contributed by atoms with Gasteiger partial charge < -0.3 is 19.3 Å². The molecule has 1 unspecified atom stereocenters. The average Bonchev–Trinajstić information content (AvgIpc) is 3.47. The maximum absolute atomic E-state index is 13.3. The number of aryl methyl sites for hydroxylation is 1. The van der Waals surface area contributed by atoms with Gasteiger partial charge in [-0.05, 0) is 67.6 Å². The van der Waals surface area contributed by atoms with Crippen LogP contribution in [0.2, 0.25) is 0 Å². The summed E-state index contributed by atoms with van der Waals surface area (Å²) in [6, 6.07) is 10.9. The number of benzene rings is 2. The molecule has 5 rings (SSSR count). The molecule has 38 heavy (non-hydrogen) atoms. The van der Waals surface area contributed by atoms with Gasteiger partial charge in [0.1, 0.15) is 5.75 Å². The van der Waals surface area contributed by atoms with Crippen LogP contribution in [0.25, 0.3) is 0 Å². The van der Waals surface area contributed by atoms with Crippen LogP contribution in [0.3, 0.4) is 0 Å². The minimum Gasteiger partial charge on any atom is -0.478 e. The topological polar surface area (TPSA) is 141 Å². The standard InChI is InChI=1S/C26H26N2O8S2/c1-15-12-17(4-9-21(15)25(30)31)35-22-13-27-26(37-22)28-24(29)23(36-18-10-11-34-14-18)16-2-5-19(6-3-16)38(32,33)20-7-8-20/h2-6,9,12-13,18,20,23H,7-8,10-11,14H2,1H3,(H,30,31)(H,27,28,29)/t18-,23?/m1/s1. The number of nitrogens with one attached hydrogen (secondary N) is 1. The molecule has 10 nitrogen and oxygen atoms in total. The highest BCUT2D eigenvalue weighted by atomic mass is 32.2. The number of hydrogen-bond donors (Lipinski definition) is 2. The summed E-state index contributed by atoms with van der Waals surface area (Å²) in [4.78, 5) is 29.0. The number of ether oxygens (including phenoxy) is 3. The minimum absolute atomic E-state index is 0.187. The second kappa shape index (κ2) is 10.8. The zero-order valence-corrected chi connectivity index (χ0v) is 22.1. The van der Waals surface area contributed by atoms with Crippen LogP contribution in [0.15, 0.2) is 53.6 Å². The third-order valence-corrected chi connectivity index (χ3v) is 9.36. The zero-order chi connectivity index (χ0) is 26.9. The number of amides is 1. The largest absolute Gasteiger partial charge is 0.478 e. The molecule has 2 heterocycles. The first-order valence-electron chi connectivity index (χ1n) is 12.1. The molecule has 2 fully saturated rings. The smallest absolute Gasteiger partial charge is 0.335 e. The maximum Gasteiger partial charge on any atom is 0.335 e. The van der Waals surface area contributed by atoms with E-state index in [2.05, 4.69) is 10.3 Å². The lowest BCUT2D eigenvalue weighted by molar-refractivity contribution is -0.131. The summed E-state index contributed by atoms with van der Waals surface area (Å²) in [5.74, 6) is -1.04. The SMILES string of the molecule is Cc1cc(Oc2cnc(NC(=O)C(O[C@@H]3CCOC3)c3ccc(S(=O)(=O)C4CC4)cc3)s2)ccc1C(=O)O. The highest BCUT2D eigenvalue weighted by molar-refractivity contribution is 7.92. The minimum atomic E-state index is -3.34. The summed E-state index contributed by atoms with van der Waals surface area (Å²) < 4.78 is 42.4. The molecule has 2 N–H and O–H groups in total. The molecule has 2 aromatic carbocycles. The van der Waals surface area contributed by atoms with E-state index in [0.717, 1.165) is 11.3 Å². The van der Waals surface area contributed by atoms with E-state index in [-0.39, 0.29) is 26.9 Å². The Kier molecular flexibility index (Phi) is 7.48. The molecule has 2 aliphatic rings. The number of nitrogens with zero attached hydrogens (tertiary/aromatic N) is 1. The van der Waals surface area contributed by atoms with Crippen molar-refractivity contribution in [3.63, 3.8) is 0 Å². The van der Waals surface area contributed by atoms with Crippen molar-refractivity contribution in [3.8, 4) is 10.8 Å². The summed E-state index contributed by atoms with van der Waals surface area (Å²) in [5.41, 5.74) is 1.26. The van der Waals surface area contributed by atoms with Crippen molar-refractivity contribution in [1.29, 1.82) is 0 Å². The van der Waals surface area contributed by atoms with Gasteiger partial charge in [-0.3, -0.25) is 10.1 Å². The van der Waals surface area contributed by atoms with Crippen LogP contribution in [-0.2, 0) is 24.1 Å². The molecule has 0 spiro atoms. The van der Waals surface area contributed by atoms with Crippen molar-refractivity contribution in [2.24, 2.45) is 0 Å². The molecule has 0 bridgehead atoms. The summed E-state index contributed by atoms with van der Waals surface area (Å²) in [7, 11) is -3.34. The van der Waals surface area contributed by atoms with Crippen molar-refractivity contribution in [2.45, 2.75) is 48.5 Å². The molecule has 1 saturated carbocycles. The first-order chi connectivity index (χ1) is 18.2. The Bertz CT molecular complexity index is 1440. The van der Waals surface area contributed by atoms with Gasteiger partial charge in [-0.1, -0.05) is 23.5 Å². The second-order valence-corrected chi connectivity index (χ2v) is 12.4. The van der Waals surface area contributed by atoms with Crippen LogP contribution >= 0.6 is 11.3 Å². The summed E-state index contributed by atoms with van der Waals surface area (Å²) in [6.45, 7) is 2.59. The fraction of sp³-hybridized carbons (Fsp3) is 0.346. The predicted octanol–water partition coefficient (Wildman–Crippen LogP) is 4.36. The van der Waals surface area contributed by atoms with Gasteiger partial charge in [-0.25, -0.2) is 18.2 Å². The van der Waals surface area contributed by atoms with Gasteiger partial charge in [-0.2, -0.15) is 0 Å². The number of carbonyl (C=O) groups is 2. The monoisotopic (exact) mass is 558 g/mol. The van der Waals surface area contributed by atoms with Gasteiger partial charge in [-0.15, -0.1) is 0 Å². The van der Waals surface area contributed by atoms with E-state index < -0.39 is 27.8 Å². The summed E-state index contributed by atoms with van der Waals surface area (Å²) in [6.07, 6.45) is 2.18. The van der Waals surface area contributed by atoms with Crippen LogP contribution < -0.4 is 10.1 Å². The van der Waals surface area contributed by atoms with E-state index in [9.17, 15) is 23.1 Å². The number of anilines is 1. The van der Waals surface area contributed by atoms with Crippen molar-refractivity contribution < 1.29 is 37.3 Å². The van der Waals surface area contributed by atoms with Crippen molar-refractivity contribution in [3.05, 3.63) is 65.4 Å². The molecule has 1 amide bonds. The highest BCUT2D eigenvalue weighted by Crippen LogP contribution is 2.35. The Morgan fingerprint density at radius 1 is 1.16 bits per heavy atom. The molecule has 12 heteroatoms. The zero-order valence-electron chi connectivity index (χ0n) is 20.5. The quantitative estimate of drug-likeness (QED) is 0.371. The molecule has 0 radical (unpaired) electrons. The molecule has 1 aromatic heterocycles. The van der Waals surface area contributed by atoms with Crippen molar-refractivity contribution in [2.75, 3.05) is 18.5 Å². The number of carboxylic acid groups (broad SMARTS) is 1. The number of thiazole rings is 1. The van der Waals surface area contributed by atoms with Gasteiger partial charge >= 0.3 is 5.97 Å². The van der Waals surface area contributed by atoms with Gasteiger partial charge in [0.2, 0.25) is 5.06 Å². The number of aromatic nitrogens is 1. The lowest BCUT2D eigenvalue weighted by Gasteiger charge is -2.21. The first-order valence-corrected chi connectivity index (χ1v) is 14.4. The predicted molar refractivity (Wildman–Crippen MR) is 139 cm³/mol. The summed E-state index contributed by atoms with van der Waals surface area (Å²) in [5, 5.41) is 12.3. The Balaban J connectivity index is 1.30. The van der Waals surface area contributed by atoms with Crippen LogP contribution in [0.1, 0.15) is 46.9 Å². The molecule has 2 atom stereocenters. The maximum atomic E-state index is 13.3. The molecule has 1 saturated heterocycles. The third-order valence-electron chi connectivity index (χ3n) is 6.29. The van der Waals surface area contributed by atoms with Crippen LogP contribution in [0, 0.1) is 6.92 Å². The Morgan fingerprint density at radius 2 is 1.92 bits per heavy atom. The molecular formula is C26H26N2O8S2. The highest BCUT2D eigenvalue weighted by Gasteiger charge is 2.37. The van der Waals surface area contributed by atoms with E-state index in [0.29, 0.717) is 54.4 Å². The van der Waals surface area contributed by atoms with Crippen molar-refractivity contribution >= 4 is 38.2 Å². The first kappa shape index (κ1) is 26.3. The number of sulfone groups is 1. The van der Waals surface area contributed by atoms with Crippen molar-refractivity contribution in [1.82, 2.24) is 4.98 Å². The normalized spacial score (nSPS) is 18.2. The molecule has 3 aromatic rings. The van der Waals surface area contributed by atoms with E-state index in [1.54, 1.807) is 31.2 Å². The molecule has 1 aliphatic heterocycles. The molecule has 200 valence electrons. The number of aromatic carboxylic acids is 1. The van der Waals surface area contributed by atoms with Gasteiger partial charge in [0.05, 0.1) is 34.6 Å². The lowest BCUT2D eigenvalue weighted by Crippen LogP contribution is -2.28. The van der Waals surface area contributed by atoms with Gasteiger partial charge in [0.25, 0.3) is 5.91 Å². The molecular weight excluding hydrogens is 532 g/mol. The summed E-state index contributed by atoms with van der Waals surface area (Å²) >= 11 is 1.10. The fourth-order valence-corrected chi connectivity index (χ4v) is 6.45. The van der Waals surface area contributed by atoms with Crippen LogP contribution in [0.4, 0.5) is 5.13 Å². The Labute approximate surface area is 223 Å². The van der Waals surface area contributed by atoms with Crippen LogP contribution in [0.5, 0.6) is 10.8 Å². The number of rotatable bonds is 10. The average molecular weight is 559 g/mol. The number of hydrogen-bond acceptors (Lipinski definition) is 9. The van der Waals surface area contributed by atoms with Gasteiger partial charge in [0.15, 0.2) is 21.1 Å². The Hall–Kier alpha value is -3.32. The van der Waals surface area contributed by atoms with E-state index >= 15 is 0 Å². The van der Waals surface area contributed by atoms with E-state index in [1.165, 1.54) is 24.4 Å². The molecule has 1 aliphatic carbocycles. The lowest BCUT2D eigenvalue weighted by atomic mass is 10.1.